The van der Waals surface area contributed by atoms with Crippen LogP contribution in [0.3, 0.4) is 0 Å². The van der Waals surface area contributed by atoms with Crippen LogP contribution in [0.25, 0.3) is 0 Å². The molecular formula is C14H13F3N2. The number of halogens is 3. The molecule has 1 heterocycles. The summed E-state index contributed by atoms with van der Waals surface area (Å²) >= 11 is 0. The van der Waals surface area contributed by atoms with Crippen LogP contribution in [0.4, 0.5) is 13.2 Å². The first kappa shape index (κ1) is 13.5. The number of aromatic nitrogens is 1. The summed E-state index contributed by atoms with van der Waals surface area (Å²) in [7, 11) is 0. The molecule has 0 saturated heterocycles. The number of nitrogens with zero attached hydrogens (tertiary/aromatic N) is 1. The molecule has 0 saturated carbocycles. The Morgan fingerprint density at radius 2 is 1.79 bits per heavy atom. The van der Waals surface area contributed by atoms with Gasteiger partial charge in [0.15, 0.2) is 0 Å². The quantitative estimate of drug-likeness (QED) is 0.907. The fraction of sp³-hybridized carbons (Fsp3) is 0.214. The Bertz CT molecular complexity index is 607. The van der Waals surface area contributed by atoms with Crippen LogP contribution in [0.1, 0.15) is 23.7 Å². The zero-order valence-electron chi connectivity index (χ0n) is 10.5. The second-order valence-electron chi connectivity index (χ2n) is 4.62. The minimum atomic E-state index is -1.48. The van der Waals surface area contributed by atoms with Gasteiger partial charge in [-0.15, -0.1) is 0 Å². The van der Waals surface area contributed by atoms with Crippen LogP contribution >= 0.6 is 0 Å². The summed E-state index contributed by atoms with van der Waals surface area (Å²) in [5.41, 5.74) is 4.74. The molecule has 1 unspecified atom stereocenters. The van der Waals surface area contributed by atoms with E-state index in [-0.39, 0.29) is 16.8 Å². The normalized spacial score (nSPS) is 14.2. The van der Waals surface area contributed by atoms with Gasteiger partial charge < -0.3 is 5.73 Å². The average molecular weight is 266 g/mol. The molecule has 0 bridgehead atoms. The summed E-state index contributed by atoms with van der Waals surface area (Å²) < 4.78 is 40.8. The SMILES string of the molecule is Cc1ccc(F)c(C(C)(N)c2ccc(F)cn2)c1F. The fourth-order valence-electron chi connectivity index (χ4n) is 1.94. The third-order valence-electron chi connectivity index (χ3n) is 3.06. The van der Waals surface area contributed by atoms with Crippen LogP contribution in [0.15, 0.2) is 30.5 Å². The third-order valence-corrected chi connectivity index (χ3v) is 3.06. The molecule has 2 N–H and O–H groups in total. The Morgan fingerprint density at radius 3 is 2.37 bits per heavy atom. The van der Waals surface area contributed by atoms with Gasteiger partial charge in [0, 0.05) is 5.56 Å². The predicted octanol–water partition coefficient (Wildman–Crippen LogP) is 3.03. The first-order valence-corrected chi connectivity index (χ1v) is 5.70. The van der Waals surface area contributed by atoms with E-state index in [1.165, 1.54) is 26.0 Å². The Balaban J connectivity index is 2.62. The molecule has 0 aliphatic rings. The summed E-state index contributed by atoms with van der Waals surface area (Å²) in [6.07, 6.45) is 0.964. The largest absolute Gasteiger partial charge is 0.316 e. The maximum Gasteiger partial charge on any atom is 0.141 e. The topological polar surface area (TPSA) is 38.9 Å². The summed E-state index contributed by atoms with van der Waals surface area (Å²) in [6, 6.07) is 4.96. The van der Waals surface area contributed by atoms with Gasteiger partial charge in [-0.3, -0.25) is 4.98 Å². The summed E-state index contributed by atoms with van der Waals surface area (Å²) in [6.45, 7) is 2.96. The molecule has 5 heteroatoms. The van der Waals surface area contributed by atoms with E-state index in [9.17, 15) is 13.2 Å². The summed E-state index contributed by atoms with van der Waals surface area (Å²) in [5, 5.41) is 0. The molecule has 19 heavy (non-hydrogen) atoms. The standard InChI is InChI=1S/C14H13F3N2/c1-8-3-5-10(16)12(13(8)17)14(2,18)11-6-4-9(15)7-19-11/h3-7H,18H2,1-2H3. The zero-order valence-corrected chi connectivity index (χ0v) is 10.5. The fourth-order valence-corrected chi connectivity index (χ4v) is 1.94. The van der Waals surface area contributed by atoms with Crippen LogP contribution in [-0.2, 0) is 5.54 Å². The average Bonchev–Trinajstić information content (AvgIpc) is 2.34. The summed E-state index contributed by atoms with van der Waals surface area (Å²) in [4.78, 5) is 3.80. The third kappa shape index (κ3) is 2.33. The van der Waals surface area contributed by atoms with Crippen LogP contribution < -0.4 is 5.73 Å². The van der Waals surface area contributed by atoms with Crippen LogP contribution in [0, 0.1) is 24.4 Å². The van der Waals surface area contributed by atoms with E-state index >= 15 is 0 Å². The van der Waals surface area contributed by atoms with Gasteiger partial charge in [0.05, 0.1) is 17.4 Å². The highest BCUT2D eigenvalue weighted by atomic mass is 19.1. The highest BCUT2D eigenvalue weighted by Gasteiger charge is 2.32. The second-order valence-corrected chi connectivity index (χ2v) is 4.62. The van der Waals surface area contributed by atoms with E-state index in [0.29, 0.717) is 0 Å². The molecule has 1 aromatic heterocycles. The van der Waals surface area contributed by atoms with Crippen molar-refractivity contribution in [3.05, 3.63) is 64.7 Å². The first-order valence-electron chi connectivity index (χ1n) is 5.70. The molecule has 0 spiro atoms. The van der Waals surface area contributed by atoms with Crippen LogP contribution in [0.2, 0.25) is 0 Å². The number of hydrogen-bond acceptors (Lipinski definition) is 2. The minimum Gasteiger partial charge on any atom is -0.316 e. The molecule has 0 aliphatic heterocycles. The van der Waals surface area contributed by atoms with Crippen molar-refractivity contribution in [1.82, 2.24) is 4.98 Å². The predicted molar refractivity (Wildman–Crippen MR) is 65.9 cm³/mol. The number of nitrogens with two attached hydrogens (primary N) is 1. The van der Waals surface area contributed by atoms with E-state index in [0.717, 1.165) is 18.3 Å². The summed E-state index contributed by atoms with van der Waals surface area (Å²) in [5.74, 6) is -2.00. The molecular weight excluding hydrogens is 253 g/mol. The number of hydrogen-bond donors (Lipinski definition) is 1. The van der Waals surface area contributed by atoms with Gasteiger partial charge in [-0.2, -0.15) is 0 Å². The number of rotatable bonds is 2. The van der Waals surface area contributed by atoms with Gasteiger partial charge in [-0.1, -0.05) is 6.07 Å². The van der Waals surface area contributed by atoms with Crippen molar-refractivity contribution >= 4 is 0 Å². The molecule has 2 aromatic rings. The lowest BCUT2D eigenvalue weighted by Crippen LogP contribution is -2.37. The molecule has 0 radical (unpaired) electrons. The number of pyridine rings is 1. The van der Waals surface area contributed by atoms with E-state index < -0.39 is 23.0 Å². The van der Waals surface area contributed by atoms with Crippen molar-refractivity contribution < 1.29 is 13.2 Å². The lowest BCUT2D eigenvalue weighted by atomic mass is 9.87. The molecule has 100 valence electrons. The van der Waals surface area contributed by atoms with Gasteiger partial charge in [0.25, 0.3) is 0 Å². The highest BCUT2D eigenvalue weighted by molar-refractivity contribution is 5.38. The lowest BCUT2D eigenvalue weighted by Gasteiger charge is -2.26. The molecule has 0 aliphatic carbocycles. The molecule has 0 amide bonds. The van der Waals surface area contributed by atoms with Gasteiger partial charge in [0.1, 0.15) is 17.5 Å². The van der Waals surface area contributed by atoms with Crippen LogP contribution in [-0.4, -0.2) is 4.98 Å². The molecule has 2 rings (SSSR count). The first-order chi connectivity index (χ1) is 8.84. The van der Waals surface area contributed by atoms with Crippen molar-refractivity contribution in [1.29, 1.82) is 0 Å². The maximum atomic E-state index is 14.1. The van der Waals surface area contributed by atoms with Crippen molar-refractivity contribution in [3.63, 3.8) is 0 Å². The molecule has 0 fully saturated rings. The maximum absolute atomic E-state index is 14.1. The molecule has 1 aromatic carbocycles. The van der Waals surface area contributed by atoms with Gasteiger partial charge in [0.2, 0.25) is 0 Å². The van der Waals surface area contributed by atoms with E-state index in [2.05, 4.69) is 4.98 Å². The monoisotopic (exact) mass is 266 g/mol. The van der Waals surface area contributed by atoms with E-state index in [1.807, 2.05) is 0 Å². The van der Waals surface area contributed by atoms with Gasteiger partial charge in [-0.05, 0) is 37.6 Å². The minimum absolute atomic E-state index is 0.192. The zero-order chi connectivity index (χ0) is 14.2. The second kappa shape index (κ2) is 4.66. The highest BCUT2D eigenvalue weighted by Crippen LogP contribution is 2.30. The number of aryl methyl sites for hydroxylation is 1. The Morgan fingerprint density at radius 1 is 1.11 bits per heavy atom. The Hall–Kier alpha value is -1.88. The number of benzene rings is 1. The van der Waals surface area contributed by atoms with Crippen LogP contribution in [0.5, 0.6) is 0 Å². The molecule has 1 atom stereocenters. The van der Waals surface area contributed by atoms with Crippen molar-refractivity contribution in [2.75, 3.05) is 0 Å². The van der Waals surface area contributed by atoms with Crippen molar-refractivity contribution in [2.45, 2.75) is 19.4 Å². The van der Waals surface area contributed by atoms with E-state index in [4.69, 9.17) is 5.73 Å². The smallest absolute Gasteiger partial charge is 0.141 e. The van der Waals surface area contributed by atoms with Crippen molar-refractivity contribution in [3.8, 4) is 0 Å². The lowest BCUT2D eigenvalue weighted by molar-refractivity contribution is 0.469. The van der Waals surface area contributed by atoms with Crippen molar-refractivity contribution in [2.24, 2.45) is 5.73 Å². The van der Waals surface area contributed by atoms with Gasteiger partial charge >= 0.3 is 0 Å². The molecule has 2 nitrogen and oxygen atoms in total. The van der Waals surface area contributed by atoms with E-state index in [1.54, 1.807) is 0 Å². The Kier molecular flexibility index (Phi) is 3.32. The van der Waals surface area contributed by atoms with Gasteiger partial charge in [-0.25, -0.2) is 13.2 Å². The Labute approximate surface area is 109 Å².